The van der Waals surface area contributed by atoms with Crippen LogP contribution in [-0.2, 0) is 4.79 Å². The molecule has 1 atom stereocenters. The van der Waals surface area contributed by atoms with Gasteiger partial charge in [0.05, 0.1) is 5.92 Å². The van der Waals surface area contributed by atoms with E-state index in [9.17, 15) is 14.0 Å². The Hall–Kier alpha value is -2.69. The molecule has 0 aliphatic carbocycles. The first kappa shape index (κ1) is 19.1. The molecule has 27 heavy (non-hydrogen) atoms. The van der Waals surface area contributed by atoms with Crippen LogP contribution in [0.4, 0.5) is 10.1 Å². The summed E-state index contributed by atoms with van der Waals surface area (Å²) in [7, 11) is 0. The van der Waals surface area contributed by atoms with Crippen LogP contribution >= 0.6 is 0 Å². The van der Waals surface area contributed by atoms with Gasteiger partial charge in [0.1, 0.15) is 5.82 Å². The molecule has 0 spiro atoms. The number of nitrogens with zero attached hydrogens (tertiary/aromatic N) is 1. The predicted octanol–water partition coefficient (Wildman–Crippen LogP) is 4.44. The number of rotatable bonds is 4. The summed E-state index contributed by atoms with van der Waals surface area (Å²) in [5.74, 6) is -0.520. The summed E-state index contributed by atoms with van der Waals surface area (Å²) in [6.45, 7) is 5.18. The summed E-state index contributed by atoms with van der Waals surface area (Å²) in [6, 6.07) is 13.3. The highest BCUT2D eigenvalue weighted by Gasteiger charge is 2.29. The van der Waals surface area contributed by atoms with Gasteiger partial charge in [-0.3, -0.25) is 9.59 Å². The van der Waals surface area contributed by atoms with E-state index in [1.165, 1.54) is 24.3 Å². The fraction of sp³-hybridized carbons (Fsp3) is 0.364. The van der Waals surface area contributed by atoms with Crippen molar-refractivity contribution in [2.45, 2.75) is 32.6 Å². The lowest BCUT2D eigenvalue weighted by atomic mass is 9.95. The molecule has 2 aromatic rings. The number of halogens is 1. The quantitative estimate of drug-likeness (QED) is 0.867. The number of amides is 2. The van der Waals surface area contributed by atoms with Crippen molar-refractivity contribution in [1.29, 1.82) is 0 Å². The number of nitrogens with one attached hydrogen (secondary N) is 1. The van der Waals surface area contributed by atoms with Gasteiger partial charge in [0.25, 0.3) is 5.91 Å². The van der Waals surface area contributed by atoms with Gasteiger partial charge in [0, 0.05) is 24.3 Å². The lowest BCUT2D eigenvalue weighted by Crippen LogP contribution is -2.43. The highest BCUT2D eigenvalue weighted by atomic mass is 19.1. The summed E-state index contributed by atoms with van der Waals surface area (Å²) in [4.78, 5) is 27.1. The number of carbonyl (C=O) groups is 2. The molecule has 0 bridgehead atoms. The van der Waals surface area contributed by atoms with Crippen molar-refractivity contribution in [3.05, 3.63) is 65.5 Å². The van der Waals surface area contributed by atoms with Crippen LogP contribution in [0.5, 0.6) is 0 Å². The van der Waals surface area contributed by atoms with Crippen molar-refractivity contribution in [3.63, 3.8) is 0 Å². The van der Waals surface area contributed by atoms with Gasteiger partial charge in [-0.15, -0.1) is 0 Å². The molecule has 0 aromatic heterocycles. The average molecular weight is 368 g/mol. The predicted molar refractivity (Wildman–Crippen MR) is 104 cm³/mol. The van der Waals surface area contributed by atoms with Crippen LogP contribution in [0.25, 0.3) is 0 Å². The molecular formula is C22H25FN2O2. The average Bonchev–Trinajstić information content (AvgIpc) is 2.68. The zero-order chi connectivity index (χ0) is 19.4. The van der Waals surface area contributed by atoms with E-state index in [2.05, 4.69) is 19.2 Å². The van der Waals surface area contributed by atoms with Crippen LogP contribution in [0.3, 0.4) is 0 Å². The van der Waals surface area contributed by atoms with Crippen molar-refractivity contribution >= 4 is 17.5 Å². The van der Waals surface area contributed by atoms with E-state index < -0.39 is 0 Å². The van der Waals surface area contributed by atoms with Gasteiger partial charge in [-0.1, -0.05) is 32.0 Å². The van der Waals surface area contributed by atoms with Crippen LogP contribution in [-0.4, -0.2) is 29.8 Å². The Balaban J connectivity index is 1.68. The van der Waals surface area contributed by atoms with Crippen LogP contribution in [0, 0.1) is 11.7 Å². The van der Waals surface area contributed by atoms with Crippen LogP contribution in [0.2, 0.25) is 0 Å². The number of benzene rings is 2. The zero-order valence-corrected chi connectivity index (χ0v) is 15.7. The van der Waals surface area contributed by atoms with E-state index in [-0.39, 0.29) is 23.5 Å². The van der Waals surface area contributed by atoms with Gasteiger partial charge in [0.15, 0.2) is 0 Å². The van der Waals surface area contributed by atoms with Crippen LogP contribution < -0.4 is 5.32 Å². The minimum absolute atomic E-state index is 0.0558. The smallest absolute Gasteiger partial charge is 0.253 e. The number of para-hydroxylation sites is 1. The number of hydrogen-bond donors (Lipinski definition) is 1. The van der Waals surface area contributed by atoms with Crippen LogP contribution in [0.1, 0.15) is 48.5 Å². The van der Waals surface area contributed by atoms with Crippen molar-refractivity contribution < 1.29 is 14.0 Å². The minimum atomic E-state index is -0.369. The third-order valence-corrected chi connectivity index (χ3v) is 5.01. The van der Waals surface area contributed by atoms with Gasteiger partial charge in [-0.2, -0.15) is 0 Å². The lowest BCUT2D eigenvalue weighted by Gasteiger charge is -2.32. The van der Waals surface area contributed by atoms with Crippen molar-refractivity contribution in [3.8, 4) is 0 Å². The Morgan fingerprint density at radius 3 is 2.52 bits per heavy atom. The van der Waals surface area contributed by atoms with Crippen LogP contribution in [0.15, 0.2) is 48.5 Å². The molecule has 0 unspecified atom stereocenters. The highest BCUT2D eigenvalue weighted by Crippen LogP contribution is 2.26. The molecule has 3 rings (SSSR count). The summed E-state index contributed by atoms with van der Waals surface area (Å²) < 4.78 is 13.1. The SMILES string of the molecule is CC(C)c1ccccc1NC(=O)[C@H]1CCCN(C(=O)c2ccc(F)cc2)C1. The van der Waals surface area contributed by atoms with Gasteiger partial charge < -0.3 is 10.2 Å². The Kier molecular flexibility index (Phi) is 5.89. The molecule has 2 aromatic carbocycles. The van der Waals surface area contributed by atoms with Gasteiger partial charge in [-0.05, 0) is 54.7 Å². The Bertz CT molecular complexity index is 817. The molecule has 1 fully saturated rings. The molecule has 0 radical (unpaired) electrons. The van der Waals surface area contributed by atoms with E-state index >= 15 is 0 Å². The van der Waals surface area contributed by atoms with E-state index in [0.29, 0.717) is 24.6 Å². The van der Waals surface area contributed by atoms with Gasteiger partial charge in [0.2, 0.25) is 5.91 Å². The minimum Gasteiger partial charge on any atom is -0.338 e. The summed E-state index contributed by atoms with van der Waals surface area (Å²) in [6.07, 6.45) is 1.53. The third-order valence-electron chi connectivity index (χ3n) is 5.01. The van der Waals surface area contributed by atoms with E-state index in [4.69, 9.17) is 0 Å². The zero-order valence-electron chi connectivity index (χ0n) is 15.7. The first-order valence-electron chi connectivity index (χ1n) is 9.40. The molecule has 1 heterocycles. The number of hydrogen-bond acceptors (Lipinski definition) is 2. The largest absolute Gasteiger partial charge is 0.338 e. The van der Waals surface area contributed by atoms with E-state index in [1.807, 2.05) is 24.3 Å². The molecule has 1 saturated heterocycles. The standard InChI is InChI=1S/C22H25FN2O2/c1-15(2)19-7-3-4-8-20(19)24-21(26)17-6-5-13-25(14-17)22(27)16-9-11-18(23)12-10-16/h3-4,7-12,15,17H,5-6,13-14H2,1-2H3,(H,24,26)/t17-/m0/s1. The molecule has 1 aliphatic rings. The van der Waals surface area contributed by atoms with Gasteiger partial charge in [-0.25, -0.2) is 4.39 Å². The third kappa shape index (κ3) is 4.54. The fourth-order valence-electron chi connectivity index (χ4n) is 3.50. The maximum Gasteiger partial charge on any atom is 0.253 e. The van der Waals surface area contributed by atoms with Crippen molar-refractivity contribution in [2.24, 2.45) is 5.92 Å². The second-order valence-electron chi connectivity index (χ2n) is 7.33. The molecule has 1 aliphatic heterocycles. The topological polar surface area (TPSA) is 49.4 Å². The summed E-state index contributed by atoms with van der Waals surface area (Å²) in [5, 5.41) is 3.04. The number of carbonyl (C=O) groups excluding carboxylic acids is 2. The van der Waals surface area contributed by atoms with E-state index in [0.717, 1.165) is 24.1 Å². The van der Waals surface area contributed by atoms with Crippen molar-refractivity contribution in [2.75, 3.05) is 18.4 Å². The molecule has 2 amide bonds. The Labute approximate surface area is 159 Å². The Morgan fingerprint density at radius 2 is 1.81 bits per heavy atom. The first-order valence-corrected chi connectivity index (χ1v) is 9.40. The maximum atomic E-state index is 13.1. The summed E-state index contributed by atoms with van der Waals surface area (Å²) in [5.41, 5.74) is 2.38. The molecule has 0 saturated carbocycles. The fourth-order valence-corrected chi connectivity index (χ4v) is 3.50. The molecule has 5 heteroatoms. The maximum absolute atomic E-state index is 13.1. The molecule has 4 nitrogen and oxygen atoms in total. The summed E-state index contributed by atoms with van der Waals surface area (Å²) >= 11 is 0. The first-order chi connectivity index (χ1) is 13.0. The molecular weight excluding hydrogens is 343 g/mol. The number of anilines is 1. The highest BCUT2D eigenvalue weighted by molar-refractivity contribution is 5.96. The van der Waals surface area contributed by atoms with E-state index in [1.54, 1.807) is 4.90 Å². The lowest BCUT2D eigenvalue weighted by molar-refractivity contribution is -0.121. The number of likely N-dealkylation sites (tertiary alicyclic amines) is 1. The normalized spacial score (nSPS) is 17.0. The second-order valence-corrected chi connectivity index (χ2v) is 7.33. The Morgan fingerprint density at radius 1 is 1.11 bits per heavy atom. The van der Waals surface area contributed by atoms with Crippen molar-refractivity contribution in [1.82, 2.24) is 4.90 Å². The monoisotopic (exact) mass is 368 g/mol. The molecule has 142 valence electrons. The number of piperidine rings is 1. The molecule has 1 N–H and O–H groups in total. The van der Waals surface area contributed by atoms with Gasteiger partial charge >= 0.3 is 0 Å². The second kappa shape index (κ2) is 8.33.